The molecule has 0 spiro atoms. The molecule has 118 valence electrons. The van der Waals surface area contributed by atoms with Crippen LogP contribution in [0.25, 0.3) is 0 Å². The Morgan fingerprint density at radius 3 is 2.14 bits per heavy atom. The zero-order valence-electron chi connectivity index (χ0n) is 13.0. The average molecular weight is 301 g/mol. The van der Waals surface area contributed by atoms with Crippen molar-refractivity contribution in [2.45, 2.75) is 69.4 Å². The molecular formula is C19H24FNO. The smallest absolute Gasteiger partial charge is 0.226 e. The summed E-state index contributed by atoms with van der Waals surface area (Å²) < 4.78 is 13.1. The average Bonchev–Trinajstić information content (AvgIpc) is 3.14. The quantitative estimate of drug-likeness (QED) is 0.799. The lowest BCUT2D eigenvalue weighted by Crippen LogP contribution is -2.48. The molecule has 2 aliphatic heterocycles. The van der Waals surface area contributed by atoms with Gasteiger partial charge in [0.1, 0.15) is 5.82 Å². The summed E-state index contributed by atoms with van der Waals surface area (Å²) in [5, 5.41) is 0. The van der Waals surface area contributed by atoms with Crippen molar-refractivity contribution in [3.05, 3.63) is 35.6 Å². The van der Waals surface area contributed by atoms with Crippen molar-refractivity contribution >= 4 is 5.91 Å². The van der Waals surface area contributed by atoms with Crippen LogP contribution in [0.3, 0.4) is 0 Å². The highest BCUT2D eigenvalue weighted by atomic mass is 19.1. The third-order valence-electron chi connectivity index (χ3n) is 6.03. The molecule has 0 N–H and O–H groups in total. The second-order valence-electron chi connectivity index (χ2n) is 7.33. The number of carbonyl (C=O) groups is 1. The van der Waals surface area contributed by atoms with Crippen molar-refractivity contribution in [3.8, 4) is 0 Å². The first kappa shape index (κ1) is 14.2. The molecule has 22 heavy (non-hydrogen) atoms. The Hall–Kier alpha value is -1.38. The number of hydrogen-bond donors (Lipinski definition) is 0. The monoisotopic (exact) mass is 301 g/mol. The Labute approximate surface area is 131 Å². The maximum atomic E-state index is 13.1. The summed E-state index contributed by atoms with van der Waals surface area (Å²) in [6, 6.07) is 7.81. The Bertz CT molecular complexity index is 535. The van der Waals surface area contributed by atoms with Gasteiger partial charge in [0, 0.05) is 18.0 Å². The number of halogens is 1. The van der Waals surface area contributed by atoms with Crippen LogP contribution in [0.1, 0.15) is 62.8 Å². The largest absolute Gasteiger partial charge is 0.336 e. The minimum absolute atomic E-state index is 0.166. The van der Waals surface area contributed by atoms with Gasteiger partial charge in [0.05, 0.1) is 0 Å². The molecule has 4 rings (SSSR count). The molecule has 1 aromatic carbocycles. The highest BCUT2D eigenvalue weighted by molar-refractivity contribution is 5.80. The molecule has 0 unspecified atom stereocenters. The molecule has 2 saturated heterocycles. The van der Waals surface area contributed by atoms with Gasteiger partial charge in [-0.1, -0.05) is 25.0 Å². The van der Waals surface area contributed by atoms with Gasteiger partial charge in [0.2, 0.25) is 5.91 Å². The Morgan fingerprint density at radius 2 is 1.55 bits per heavy atom. The van der Waals surface area contributed by atoms with Crippen LogP contribution in [0.15, 0.2) is 24.3 Å². The lowest BCUT2D eigenvalue weighted by atomic mass is 9.84. The van der Waals surface area contributed by atoms with Crippen molar-refractivity contribution in [1.82, 2.24) is 4.90 Å². The molecule has 1 aromatic rings. The first-order chi connectivity index (χ1) is 10.7. The van der Waals surface area contributed by atoms with E-state index in [1.54, 1.807) is 12.1 Å². The molecule has 1 amide bonds. The van der Waals surface area contributed by atoms with Crippen LogP contribution < -0.4 is 0 Å². The van der Waals surface area contributed by atoms with E-state index in [0.29, 0.717) is 29.8 Å². The van der Waals surface area contributed by atoms with E-state index in [-0.39, 0.29) is 5.82 Å². The summed E-state index contributed by atoms with van der Waals surface area (Å²) in [6.45, 7) is 0. The van der Waals surface area contributed by atoms with Gasteiger partial charge in [-0.2, -0.15) is 0 Å². The van der Waals surface area contributed by atoms with E-state index < -0.39 is 0 Å². The van der Waals surface area contributed by atoms with Gasteiger partial charge in [0.15, 0.2) is 0 Å². The summed E-state index contributed by atoms with van der Waals surface area (Å²) in [4.78, 5) is 15.1. The van der Waals surface area contributed by atoms with Crippen LogP contribution in [0, 0.1) is 11.7 Å². The van der Waals surface area contributed by atoms with E-state index in [2.05, 4.69) is 4.90 Å². The van der Waals surface area contributed by atoms with Crippen molar-refractivity contribution < 1.29 is 9.18 Å². The van der Waals surface area contributed by atoms with Crippen molar-refractivity contribution in [3.63, 3.8) is 0 Å². The zero-order valence-corrected chi connectivity index (χ0v) is 13.0. The number of piperidine rings is 1. The van der Waals surface area contributed by atoms with Crippen LogP contribution in [0.4, 0.5) is 4.39 Å². The third-order valence-corrected chi connectivity index (χ3v) is 6.03. The zero-order chi connectivity index (χ0) is 15.1. The number of carbonyl (C=O) groups excluding carboxylic acids is 1. The second-order valence-corrected chi connectivity index (χ2v) is 7.33. The van der Waals surface area contributed by atoms with Crippen LogP contribution in [0.5, 0.6) is 0 Å². The van der Waals surface area contributed by atoms with E-state index in [4.69, 9.17) is 0 Å². The Morgan fingerprint density at radius 1 is 0.955 bits per heavy atom. The fraction of sp³-hybridized carbons (Fsp3) is 0.632. The molecule has 2 atom stereocenters. The van der Waals surface area contributed by atoms with Gasteiger partial charge in [-0.25, -0.2) is 4.39 Å². The normalized spacial score (nSPS) is 31.7. The molecule has 3 heteroatoms. The molecule has 2 bridgehead atoms. The van der Waals surface area contributed by atoms with Gasteiger partial charge >= 0.3 is 0 Å². The van der Waals surface area contributed by atoms with Crippen LogP contribution in [-0.2, 0) is 4.79 Å². The first-order valence-electron chi connectivity index (χ1n) is 8.80. The van der Waals surface area contributed by atoms with Crippen LogP contribution in [-0.4, -0.2) is 22.9 Å². The standard InChI is InChI=1S/C19H24FNO/c20-16-7-5-13(6-8-16)15-11-17-9-10-18(12-15)21(17)19(22)14-3-1-2-4-14/h5-8,14-15,17-18H,1-4,9-12H2/t17-,18-/m0/s1. The van der Waals surface area contributed by atoms with Crippen LogP contribution >= 0.6 is 0 Å². The highest BCUT2D eigenvalue weighted by Gasteiger charge is 2.45. The summed E-state index contributed by atoms with van der Waals surface area (Å²) in [6.07, 6.45) is 9.05. The third kappa shape index (κ3) is 2.45. The number of hydrogen-bond acceptors (Lipinski definition) is 1. The Balaban J connectivity index is 1.49. The molecule has 0 radical (unpaired) electrons. The lowest BCUT2D eigenvalue weighted by Gasteiger charge is -2.40. The first-order valence-corrected chi connectivity index (χ1v) is 8.80. The number of rotatable bonds is 2. The molecular weight excluding hydrogens is 277 g/mol. The molecule has 3 fully saturated rings. The van der Waals surface area contributed by atoms with E-state index in [1.807, 2.05) is 12.1 Å². The number of amides is 1. The predicted octanol–water partition coefficient (Wildman–Crippen LogP) is 4.25. The second kappa shape index (κ2) is 5.68. The van der Waals surface area contributed by atoms with E-state index in [0.717, 1.165) is 38.5 Å². The number of fused-ring (bicyclic) bond motifs is 2. The lowest BCUT2D eigenvalue weighted by molar-refractivity contribution is -0.140. The molecule has 2 heterocycles. The van der Waals surface area contributed by atoms with E-state index in [1.165, 1.54) is 18.4 Å². The molecule has 1 saturated carbocycles. The SMILES string of the molecule is O=C(C1CCCC1)N1[C@H]2CC[C@H]1CC(c1ccc(F)cc1)C2. The molecule has 2 nitrogen and oxygen atoms in total. The summed E-state index contributed by atoms with van der Waals surface area (Å²) in [7, 11) is 0. The van der Waals surface area contributed by atoms with Crippen molar-refractivity contribution in [2.75, 3.05) is 0 Å². The van der Waals surface area contributed by atoms with Gasteiger partial charge in [-0.15, -0.1) is 0 Å². The van der Waals surface area contributed by atoms with Gasteiger partial charge in [-0.3, -0.25) is 4.79 Å². The fourth-order valence-electron chi connectivity index (χ4n) is 4.93. The highest BCUT2D eigenvalue weighted by Crippen LogP contribution is 2.44. The minimum Gasteiger partial charge on any atom is -0.336 e. The van der Waals surface area contributed by atoms with E-state index in [9.17, 15) is 9.18 Å². The molecule has 1 aliphatic carbocycles. The maximum absolute atomic E-state index is 13.1. The topological polar surface area (TPSA) is 20.3 Å². The maximum Gasteiger partial charge on any atom is 0.226 e. The van der Waals surface area contributed by atoms with Gasteiger partial charge in [0.25, 0.3) is 0 Å². The summed E-state index contributed by atoms with van der Waals surface area (Å²) in [5.41, 5.74) is 1.24. The number of nitrogens with zero attached hydrogens (tertiary/aromatic N) is 1. The molecule has 3 aliphatic rings. The summed E-state index contributed by atoms with van der Waals surface area (Å²) >= 11 is 0. The predicted molar refractivity (Wildman–Crippen MR) is 84.0 cm³/mol. The van der Waals surface area contributed by atoms with Crippen LogP contribution in [0.2, 0.25) is 0 Å². The fourth-order valence-corrected chi connectivity index (χ4v) is 4.93. The minimum atomic E-state index is -0.166. The van der Waals surface area contributed by atoms with E-state index >= 15 is 0 Å². The van der Waals surface area contributed by atoms with Gasteiger partial charge < -0.3 is 4.90 Å². The number of benzene rings is 1. The summed E-state index contributed by atoms with van der Waals surface area (Å²) in [5.74, 6) is 1.05. The Kier molecular flexibility index (Phi) is 3.67. The van der Waals surface area contributed by atoms with Crippen molar-refractivity contribution in [1.29, 1.82) is 0 Å². The van der Waals surface area contributed by atoms with Gasteiger partial charge in [-0.05, 0) is 62.1 Å². The molecule has 0 aromatic heterocycles. The van der Waals surface area contributed by atoms with Crippen molar-refractivity contribution in [2.24, 2.45) is 5.92 Å².